The number of nitrogens with zero attached hydrogens (tertiary/aromatic N) is 2. The molecule has 5 nitrogen and oxygen atoms in total. The second kappa shape index (κ2) is 9.22. The van der Waals surface area contributed by atoms with E-state index in [1.165, 1.54) is 11.3 Å². The molecule has 3 aromatic rings. The fourth-order valence-corrected chi connectivity index (χ4v) is 5.03. The van der Waals surface area contributed by atoms with E-state index in [4.69, 9.17) is 4.74 Å². The van der Waals surface area contributed by atoms with Gasteiger partial charge in [-0.05, 0) is 41.8 Å². The number of ether oxygens (including phenoxy) is 1. The van der Waals surface area contributed by atoms with Gasteiger partial charge in [-0.3, -0.25) is 4.79 Å². The second-order valence-corrected chi connectivity index (χ2v) is 9.14. The van der Waals surface area contributed by atoms with Crippen LogP contribution in [0.5, 0.6) is 5.75 Å². The van der Waals surface area contributed by atoms with Crippen LogP contribution >= 0.6 is 27.3 Å². The first-order chi connectivity index (χ1) is 15.3. The topological polar surface area (TPSA) is 54.5 Å². The van der Waals surface area contributed by atoms with Gasteiger partial charge < -0.3 is 15.0 Å². The molecule has 2 heterocycles. The van der Waals surface area contributed by atoms with E-state index >= 15 is 0 Å². The van der Waals surface area contributed by atoms with Crippen LogP contribution in [0, 0.1) is 29.2 Å². The van der Waals surface area contributed by atoms with Crippen molar-refractivity contribution in [3.63, 3.8) is 0 Å². The zero-order valence-corrected chi connectivity index (χ0v) is 19.3. The number of carbonyl (C=O) groups is 1. The predicted molar refractivity (Wildman–Crippen MR) is 118 cm³/mol. The van der Waals surface area contributed by atoms with Gasteiger partial charge in [-0.25, -0.2) is 22.5 Å². The molecule has 1 aliphatic rings. The molecule has 1 saturated heterocycles. The summed E-state index contributed by atoms with van der Waals surface area (Å²) >= 11 is 4.98. The van der Waals surface area contributed by atoms with Crippen molar-refractivity contribution >= 4 is 54.2 Å². The first-order valence-electron chi connectivity index (χ1n) is 9.90. The van der Waals surface area contributed by atoms with E-state index in [0.29, 0.717) is 32.5 Å². The number of nitrogens with one attached hydrogen (secondary N) is 1. The maximum absolute atomic E-state index is 13.8. The van der Waals surface area contributed by atoms with Crippen molar-refractivity contribution < 1.29 is 27.1 Å². The fourth-order valence-electron chi connectivity index (χ4n) is 3.56. The van der Waals surface area contributed by atoms with Crippen molar-refractivity contribution in [1.29, 1.82) is 0 Å². The highest BCUT2D eigenvalue weighted by atomic mass is 79.9. The molecule has 170 valence electrons. The van der Waals surface area contributed by atoms with Gasteiger partial charge in [0.05, 0.1) is 21.3 Å². The van der Waals surface area contributed by atoms with E-state index in [1.807, 2.05) is 29.3 Å². The van der Waals surface area contributed by atoms with Crippen molar-refractivity contribution in [2.45, 2.75) is 19.8 Å². The molecule has 1 aliphatic heterocycles. The number of anilines is 2. The Balaban J connectivity index is 1.44. The van der Waals surface area contributed by atoms with Crippen molar-refractivity contribution in [3.8, 4) is 5.75 Å². The molecule has 11 heteroatoms. The van der Waals surface area contributed by atoms with Gasteiger partial charge in [0.25, 0.3) is 0 Å². The summed E-state index contributed by atoms with van der Waals surface area (Å²) in [7, 11) is 0. The van der Waals surface area contributed by atoms with E-state index in [0.717, 1.165) is 25.6 Å². The van der Waals surface area contributed by atoms with E-state index in [-0.39, 0.29) is 6.07 Å². The van der Waals surface area contributed by atoms with Crippen LogP contribution in [0.2, 0.25) is 0 Å². The number of fused-ring (bicyclic) bond motifs is 1. The lowest BCUT2D eigenvalue weighted by Crippen LogP contribution is -2.38. The molecule has 4 rings (SSSR count). The van der Waals surface area contributed by atoms with Crippen LogP contribution in [-0.2, 0) is 4.79 Å². The third kappa shape index (κ3) is 4.40. The Morgan fingerprint density at radius 2 is 1.84 bits per heavy atom. The van der Waals surface area contributed by atoms with Crippen LogP contribution in [-0.4, -0.2) is 30.6 Å². The summed E-state index contributed by atoms with van der Waals surface area (Å²) < 4.78 is 61.8. The summed E-state index contributed by atoms with van der Waals surface area (Å²) in [5, 5.41) is 2.81. The number of carbonyl (C=O) groups excluding carboxylic acids is 1. The highest BCUT2D eigenvalue weighted by Gasteiger charge is 2.29. The minimum Gasteiger partial charge on any atom is -0.493 e. The summed E-state index contributed by atoms with van der Waals surface area (Å²) in [6.45, 7) is 3.45. The summed E-state index contributed by atoms with van der Waals surface area (Å²) in [6, 6.07) is 3.92. The third-order valence-corrected chi connectivity index (χ3v) is 6.93. The fraction of sp³-hybridized carbons (Fsp3) is 0.333. The van der Waals surface area contributed by atoms with Gasteiger partial charge in [0, 0.05) is 31.1 Å². The number of amides is 1. The van der Waals surface area contributed by atoms with Crippen molar-refractivity contribution in [3.05, 3.63) is 45.9 Å². The van der Waals surface area contributed by atoms with Crippen LogP contribution in [0.25, 0.3) is 10.2 Å². The van der Waals surface area contributed by atoms with Gasteiger partial charge in [0.2, 0.25) is 5.91 Å². The number of rotatable bonds is 5. The van der Waals surface area contributed by atoms with E-state index < -0.39 is 40.8 Å². The van der Waals surface area contributed by atoms with Crippen molar-refractivity contribution in [1.82, 2.24) is 4.98 Å². The molecule has 0 saturated carbocycles. The molecule has 1 aromatic heterocycles. The van der Waals surface area contributed by atoms with Gasteiger partial charge in [0.15, 0.2) is 28.4 Å². The lowest BCUT2D eigenvalue weighted by molar-refractivity contribution is -0.120. The van der Waals surface area contributed by atoms with Crippen LogP contribution < -0.4 is 15.0 Å². The monoisotopic (exact) mass is 531 g/mol. The number of thiazole rings is 1. The maximum Gasteiger partial charge on any atom is 0.227 e. The summed E-state index contributed by atoms with van der Waals surface area (Å²) in [5.74, 6) is -6.87. The Morgan fingerprint density at radius 3 is 2.47 bits per heavy atom. The summed E-state index contributed by atoms with van der Waals surface area (Å²) in [4.78, 5) is 19.2. The number of halogens is 5. The smallest absolute Gasteiger partial charge is 0.227 e. The molecule has 0 atom stereocenters. The average molecular weight is 532 g/mol. The molecule has 0 bridgehead atoms. The highest BCUT2D eigenvalue weighted by molar-refractivity contribution is 9.10. The molecule has 2 aromatic carbocycles. The first kappa shape index (κ1) is 22.8. The predicted octanol–water partition coefficient (Wildman–Crippen LogP) is 5.87. The quantitative estimate of drug-likeness (QED) is 0.330. The SMILES string of the molecule is CCOc1cc2sc(N3CCC(C(=O)Nc4c(F)c(F)cc(F)c4F)CC3)nc2cc1Br. The zero-order valence-electron chi connectivity index (χ0n) is 16.9. The molecular formula is C21H18BrF4N3O2S. The normalized spacial score (nSPS) is 14.8. The molecule has 0 aliphatic carbocycles. The summed E-state index contributed by atoms with van der Waals surface area (Å²) in [5.41, 5.74) is -0.281. The first-order valence-corrected chi connectivity index (χ1v) is 11.5. The van der Waals surface area contributed by atoms with Crippen LogP contribution in [0.15, 0.2) is 22.7 Å². The standard InChI is InChI=1S/C21H18BrF4N3O2S/c1-2-31-15-9-16-14(7-11(15)22)27-21(32-16)29-5-3-10(4-6-29)20(30)28-19-17(25)12(23)8-13(24)18(19)26/h7-10H,2-6H2,1H3,(H,28,30). The van der Waals surface area contributed by atoms with Gasteiger partial charge in [-0.2, -0.15) is 0 Å². The number of benzene rings is 2. The lowest BCUT2D eigenvalue weighted by Gasteiger charge is -2.31. The van der Waals surface area contributed by atoms with Gasteiger partial charge in [0.1, 0.15) is 11.4 Å². The number of hydrogen-bond acceptors (Lipinski definition) is 5. The molecule has 1 amide bonds. The lowest BCUT2D eigenvalue weighted by atomic mass is 9.96. The van der Waals surface area contributed by atoms with Crippen LogP contribution in [0.4, 0.5) is 28.4 Å². The molecule has 32 heavy (non-hydrogen) atoms. The number of piperidine rings is 1. The molecule has 0 unspecified atom stereocenters. The van der Waals surface area contributed by atoms with E-state index in [2.05, 4.69) is 20.9 Å². The Labute approximate surface area is 193 Å². The zero-order chi connectivity index (χ0) is 23.0. The minimum absolute atomic E-state index is 0.104. The third-order valence-electron chi connectivity index (χ3n) is 5.23. The van der Waals surface area contributed by atoms with E-state index in [9.17, 15) is 22.4 Å². The Morgan fingerprint density at radius 1 is 1.19 bits per heavy atom. The maximum atomic E-state index is 13.8. The number of aromatic nitrogens is 1. The Hall–Kier alpha value is -2.40. The Kier molecular flexibility index (Phi) is 6.57. The molecule has 0 radical (unpaired) electrons. The van der Waals surface area contributed by atoms with Crippen molar-refractivity contribution in [2.24, 2.45) is 5.92 Å². The van der Waals surface area contributed by atoms with Gasteiger partial charge in [-0.15, -0.1) is 0 Å². The van der Waals surface area contributed by atoms with Crippen LogP contribution in [0.1, 0.15) is 19.8 Å². The van der Waals surface area contributed by atoms with Crippen LogP contribution in [0.3, 0.4) is 0 Å². The molecule has 1 fully saturated rings. The van der Waals surface area contributed by atoms with Crippen molar-refractivity contribution in [2.75, 3.05) is 29.9 Å². The van der Waals surface area contributed by atoms with Gasteiger partial charge in [-0.1, -0.05) is 11.3 Å². The molecular weight excluding hydrogens is 514 g/mol. The number of hydrogen-bond donors (Lipinski definition) is 1. The second-order valence-electron chi connectivity index (χ2n) is 7.27. The molecule has 0 spiro atoms. The Bertz CT molecular complexity index is 1160. The average Bonchev–Trinajstić information content (AvgIpc) is 3.18. The largest absolute Gasteiger partial charge is 0.493 e. The molecule has 1 N–H and O–H groups in total. The minimum atomic E-state index is -1.62. The van der Waals surface area contributed by atoms with E-state index in [1.54, 1.807) is 0 Å². The highest BCUT2D eigenvalue weighted by Crippen LogP contribution is 2.37. The van der Waals surface area contributed by atoms with Gasteiger partial charge >= 0.3 is 0 Å². The summed E-state index contributed by atoms with van der Waals surface area (Å²) in [6.07, 6.45) is 0.799.